The van der Waals surface area contributed by atoms with E-state index in [0.717, 1.165) is 28.8 Å². The van der Waals surface area contributed by atoms with Crippen molar-refractivity contribution in [3.63, 3.8) is 0 Å². The van der Waals surface area contributed by atoms with Crippen molar-refractivity contribution in [1.29, 1.82) is 0 Å². The molecular weight excluding hydrogens is 374 g/mol. The van der Waals surface area contributed by atoms with Crippen LogP contribution in [0.4, 0.5) is 14.5 Å². The predicted octanol–water partition coefficient (Wildman–Crippen LogP) is 4.14. The number of aromatic nitrogens is 1. The number of aryl methyl sites for hydroxylation is 1. The van der Waals surface area contributed by atoms with Gasteiger partial charge in [-0.1, -0.05) is 0 Å². The van der Waals surface area contributed by atoms with Gasteiger partial charge in [0.1, 0.15) is 22.3 Å². The number of methoxy groups -OCH3 is 1. The van der Waals surface area contributed by atoms with Crippen molar-refractivity contribution in [2.24, 2.45) is 0 Å². The molecule has 1 heterocycles. The number of sulfonamides is 1. The fourth-order valence-electron chi connectivity index (χ4n) is 2.62. The summed E-state index contributed by atoms with van der Waals surface area (Å²) in [5, 5.41) is 0. The maximum atomic E-state index is 13.8. The number of rotatable bonds is 5. The molecule has 3 aromatic rings. The van der Waals surface area contributed by atoms with Gasteiger partial charge in [-0.05, 0) is 48.9 Å². The van der Waals surface area contributed by atoms with Gasteiger partial charge in [-0.2, -0.15) is 0 Å². The Morgan fingerprint density at radius 2 is 1.81 bits per heavy atom. The van der Waals surface area contributed by atoms with Gasteiger partial charge < -0.3 is 4.74 Å². The smallest absolute Gasteiger partial charge is 0.264 e. The summed E-state index contributed by atoms with van der Waals surface area (Å²) < 4.78 is 59.6. The van der Waals surface area contributed by atoms with Gasteiger partial charge >= 0.3 is 0 Å². The van der Waals surface area contributed by atoms with E-state index in [9.17, 15) is 17.2 Å². The first kappa shape index (κ1) is 18.8. The molecule has 0 spiro atoms. The Morgan fingerprint density at radius 3 is 2.52 bits per heavy atom. The van der Waals surface area contributed by atoms with E-state index in [0.29, 0.717) is 11.8 Å². The highest BCUT2D eigenvalue weighted by atomic mass is 32.2. The molecule has 140 valence electrons. The van der Waals surface area contributed by atoms with Gasteiger partial charge in [0.15, 0.2) is 0 Å². The minimum atomic E-state index is -4.31. The van der Waals surface area contributed by atoms with Crippen molar-refractivity contribution in [3.05, 3.63) is 72.1 Å². The highest BCUT2D eigenvalue weighted by Crippen LogP contribution is 2.34. The summed E-state index contributed by atoms with van der Waals surface area (Å²) in [6.07, 6.45) is 3.35. The first-order chi connectivity index (χ1) is 12.8. The van der Waals surface area contributed by atoms with E-state index in [2.05, 4.69) is 9.71 Å². The normalized spacial score (nSPS) is 11.3. The minimum absolute atomic E-state index is 0.154. The number of benzene rings is 2. The fraction of sp³-hybridized carbons (Fsp3) is 0.105. The Bertz CT molecular complexity index is 1100. The zero-order chi connectivity index (χ0) is 19.6. The van der Waals surface area contributed by atoms with Gasteiger partial charge in [-0.3, -0.25) is 9.71 Å². The van der Waals surface area contributed by atoms with Crippen molar-refractivity contribution in [2.75, 3.05) is 11.8 Å². The third-order valence-corrected chi connectivity index (χ3v) is 5.36. The Balaban J connectivity index is 1.99. The molecule has 1 aromatic heterocycles. The molecule has 5 nitrogen and oxygen atoms in total. The maximum absolute atomic E-state index is 13.8. The summed E-state index contributed by atoms with van der Waals surface area (Å²) >= 11 is 0. The van der Waals surface area contributed by atoms with Crippen LogP contribution in [0, 0.1) is 18.6 Å². The Hall–Kier alpha value is -3.00. The quantitative estimate of drug-likeness (QED) is 0.711. The second kappa shape index (κ2) is 7.32. The zero-order valence-corrected chi connectivity index (χ0v) is 15.3. The molecule has 0 bridgehead atoms. The lowest BCUT2D eigenvalue weighted by Gasteiger charge is -2.14. The van der Waals surface area contributed by atoms with E-state index in [-0.39, 0.29) is 5.69 Å². The van der Waals surface area contributed by atoms with Gasteiger partial charge in [0.2, 0.25) is 0 Å². The van der Waals surface area contributed by atoms with Crippen LogP contribution in [0.3, 0.4) is 0 Å². The second-order valence-electron chi connectivity index (χ2n) is 5.79. The largest absolute Gasteiger partial charge is 0.496 e. The number of halogens is 2. The van der Waals surface area contributed by atoms with Crippen LogP contribution in [0.1, 0.15) is 5.56 Å². The third kappa shape index (κ3) is 3.90. The van der Waals surface area contributed by atoms with Crippen LogP contribution in [0.2, 0.25) is 0 Å². The molecule has 0 radical (unpaired) electrons. The number of hydrogen-bond acceptors (Lipinski definition) is 4. The lowest BCUT2D eigenvalue weighted by atomic mass is 10.0. The third-order valence-electron chi connectivity index (χ3n) is 3.97. The van der Waals surface area contributed by atoms with Crippen LogP contribution in [0.25, 0.3) is 11.1 Å². The molecule has 0 fully saturated rings. The van der Waals surface area contributed by atoms with Crippen molar-refractivity contribution in [2.45, 2.75) is 11.8 Å². The minimum Gasteiger partial charge on any atom is -0.496 e. The van der Waals surface area contributed by atoms with Crippen LogP contribution >= 0.6 is 0 Å². The highest BCUT2D eigenvalue weighted by Gasteiger charge is 2.21. The Labute approximate surface area is 155 Å². The monoisotopic (exact) mass is 390 g/mol. The molecular formula is C19H16F2N2O3S. The number of pyridine rings is 1. The molecule has 0 unspecified atom stereocenters. The van der Waals surface area contributed by atoms with Gasteiger partial charge in [0.25, 0.3) is 10.0 Å². The number of anilines is 1. The molecule has 2 aromatic carbocycles. The summed E-state index contributed by atoms with van der Waals surface area (Å²) in [6, 6.07) is 8.74. The van der Waals surface area contributed by atoms with E-state index < -0.39 is 26.6 Å². The molecule has 0 saturated carbocycles. The van der Waals surface area contributed by atoms with Gasteiger partial charge in [0.05, 0.1) is 12.8 Å². The molecule has 8 heteroatoms. The summed E-state index contributed by atoms with van der Waals surface area (Å²) in [5.41, 5.74) is 2.68. The van der Waals surface area contributed by atoms with Crippen molar-refractivity contribution in [3.8, 4) is 16.9 Å². The molecule has 0 amide bonds. The first-order valence-electron chi connectivity index (χ1n) is 7.89. The lowest BCUT2D eigenvalue weighted by molar-refractivity contribution is 0.416. The summed E-state index contributed by atoms with van der Waals surface area (Å²) in [6.45, 7) is 1.92. The van der Waals surface area contributed by atoms with Crippen molar-refractivity contribution in [1.82, 2.24) is 4.98 Å². The van der Waals surface area contributed by atoms with Crippen LogP contribution in [0.5, 0.6) is 5.75 Å². The molecule has 27 heavy (non-hydrogen) atoms. The van der Waals surface area contributed by atoms with E-state index in [1.807, 2.05) is 13.0 Å². The van der Waals surface area contributed by atoms with E-state index >= 15 is 0 Å². The Kier molecular flexibility index (Phi) is 5.09. The molecule has 0 aliphatic rings. The van der Waals surface area contributed by atoms with Crippen LogP contribution in [-0.2, 0) is 10.0 Å². The standard InChI is InChI=1S/C19H16F2N2O3S/c1-12-7-8-22-11-16(12)15-5-4-14(10-18(15)26-2)23-27(24,25)19-9-13(20)3-6-17(19)21/h3-11,23H,1-2H3. The summed E-state index contributed by atoms with van der Waals surface area (Å²) in [5.74, 6) is -1.48. The van der Waals surface area contributed by atoms with E-state index in [1.54, 1.807) is 18.5 Å². The predicted molar refractivity (Wildman–Crippen MR) is 98.1 cm³/mol. The van der Waals surface area contributed by atoms with Gasteiger partial charge in [-0.25, -0.2) is 17.2 Å². The Morgan fingerprint density at radius 1 is 1.04 bits per heavy atom. The van der Waals surface area contributed by atoms with Crippen molar-refractivity contribution < 1.29 is 21.9 Å². The molecule has 0 saturated heterocycles. The van der Waals surface area contributed by atoms with Crippen LogP contribution in [0.15, 0.2) is 59.8 Å². The fourth-order valence-corrected chi connectivity index (χ4v) is 3.76. The summed E-state index contributed by atoms with van der Waals surface area (Å²) in [7, 11) is -2.86. The van der Waals surface area contributed by atoms with Crippen LogP contribution < -0.4 is 9.46 Å². The topological polar surface area (TPSA) is 68.3 Å². The van der Waals surface area contributed by atoms with E-state index in [1.165, 1.54) is 19.2 Å². The SMILES string of the molecule is COc1cc(NS(=O)(=O)c2cc(F)ccc2F)ccc1-c1cnccc1C. The number of hydrogen-bond donors (Lipinski definition) is 1. The molecule has 0 atom stereocenters. The first-order valence-corrected chi connectivity index (χ1v) is 9.37. The molecule has 3 rings (SSSR count). The molecule has 0 aliphatic heterocycles. The van der Waals surface area contributed by atoms with Crippen molar-refractivity contribution >= 4 is 15.7 Å². The van der Waals surface area contributed by atoms with E-state index in [4.69, 9.17) is 4.74 Å². The number of ether oxygens (including phenoxy) is 1. The average molecular weight is 390 g/mol. The zero-order valence-electron chi connectivity index (χ0n) is 14.5. The second-order valence-corrected chi connectivity index (χ2v) is 7.44. The number of nitrogens with zero attached hydrogens (tertiary/aromatic N) is 1. The van der Waals surface area contributed by atoms with Gasteiger partial charge in [-0.15, -0.1) is 0 Å². The lowest BCUT2D eigenvalue weighted by Crippen LogP contribution is -2.15. The number of nitrogens with one attached hydrogen (secondary N) is 1. The van der Waals surface area contributed by atoms with Crippen LogP contribution in [-0.4, -0.2) is 20.5 Å². The summed E-state index contributed by atoms with van der Waals surface area (Å²) in [4.78, 5) is 3.32. The maximum Gasteiger partial charge on any atom is 0.264 e. The van der Waals surface area contributed by atoms with Gasteiger partial charge in [0, 0.05) is 29.6 Å². The molecule has 1 N–H and O–H groups in total. The molecule has 0 aliphatic carbocycles. The highest BCUT2D eigenvalue weighted by molar-refractivity contribution is 7.92. The average Bonchev–Trinajstić information content (AvgIpc) is 2.64.